The number of halogens is 1. The maximum Gasteiger partial charge on any atom is 0.306 e. The highest BCUT2D eigenvalue weighted by Gasteiger charge is 2.41. The third-order valence-corrected chi connectivity index (χ3v) is 4.86. The maximum atomic E-state index is 13.4. The number of anilines is 1. The second-order valence-corrected chi connectivity index (χ2v) is 6.13. The highest BCUT2D eigenvalue weighted by molar-refractivity contribution is 5.69. The van der Waals surface area contributed by atoms with E-state index >= 15 is 0 Å². The third kappa shape index (κ3) is 3.04. The Morgan fingerprint density at radius 2 is 2.29 bits per heavy atom. The molecule has 1 aromatic rings. The molecule has 3 aliphatic rings. The number of nitrogens with zero attached hydrogens (tertiary/aromatic N) is 1. The van der Waals surface area contributed by atoms with Crippen LogP contribution in [0.4, 0.5) is 10.1 Å². The molecule has 2 aliphatic heterocycles. The minimum absolute atomic E-state index is 0.0765. The molecule has 21 heavy (non-hydrogen) atoms. The van der Waals surface area contributed by atoms with Gasteiger partial charge in [-0.15, -0.1) is 0 Å². The first-order valence-corrected chi connectivity index (χ1v) is 7.85. The molecule has 0 radical (unpaired) electrons. The largest absolute Gasteiger partial charge is 0.466 e. The van der Waals surface area contributed by atoms with Crippen molar-refractivity contribution in [2.24, 2.45) is 11.8 Å². The van der Waals surface area contributed by atoms with Gasteiger partial charge < -0.3 is 9.64 Å². The molecular weight excluding hydrogens is 269 g/mol. The van der Waals surface area contributed by atoms with Gasteiger partial charge in [0.1, 0.15) is 5.82 Å². The number of ether oxygens (including phenoxy) is 1. The molecule has 3 nitrogen and oxygen atoms in total. The average molecular weight is 291 g/mol. The first-order chi connectivity index (χ1) is 10.2. The Labute approximate surface area is 125 Å². The summed E-state index contributed by atoms with van der Waals surface area (Å²) in [5, 5.41) is 0. The van der Waals surface area contributed by atoms with Gasteiger partial charge in [-0.2, -0.15) is 0 Å². The van der Waals surface area contributed by atoms with E-state index in [0.717, 1.165) is 25.1 Å². The van der Waals surface area contributed by atoms with E-state index in [-0.39, 0.29) is 11.8 Å². The first-order valence-electron chi connectivity index (χ1n) is 7.85. The first kappa shape index (κ1) is 14.4. The van der Waals surface area contributed by atoms with Crippen molar-refractivity contribution in [2.45, 2.75) is 38.6 Å². The fraction of sp³-hybridized carbons (Fsp3) is 0.588. The summed E-state index contributed by atoms with van der Waals surface area (Å²) in [4.78, 5) is 14.0. The molecular formula is C17H22FNO2. The van der Waals surface area contributed by atoms with Crippen LogP contribution in [0.3, 0.4) is 0 Å². The van der Waals surface area contributed by atoms with Crippen LogP contribution in [-0.2, 0) is 9.53 Å². The van der Waals surface area contributed by atoms with Crippen molar-refractivity contribution >= 4 is 11.7 Å². The molecule has 3 atom stereocenters. The van der Waals surface area contributed by atoms with Gasteiger partial charge in [0.25, 0.3) is 0 Å². The molecule has 1 aliphatic carbocycles. The summed E-state index contributed by atoms with van der Waals surface area (Å²) >= 11 is 0. The van der Waals surface area contributed by atoms with Crippen molar-refractivity contribution in [1.29, 1.82) is 0 Å². The summed E-state index contributed by atoms with van der Waals surface area (Å²) in [6, 6.07) is 7.26. The number of carbonyl (C=O) groups is 1. The summed E-state index contributed by atoms with van der Waals surface area (Å²) in [5.74, 6) is 0.680. The molecule has 2 saturated heterocycles. The van der Waals surface area contributed by atoms with E-state index in [4.69, 9.17) is 4.74 Å². The van der Waals surface area contributed by atoms with Gasteiger partial charge in [0, 0.05) is 24.7 Å². The van der Waals surface area contributed by atoms with Gasteiger partial charge in [0.2, 0.25) is 0 Å². The number of hydrogen-bond donors (Lipinski definition) is 0. The fourth-order valence-electron chi connectivity index (χ4n) is 3.88. The number of carbonyl (C=O) groups excluding carboxylic acids is 1. The molecule has 0 amide bonds. The maximum absolute atomic E-state index is 13.4. The molecule has 0 N–H and O–H groups in total. The Morgan fingerprint density at radius 3 is 2.95 bits per heavy atom. The van der Waals surface area contributed by atoms with Crippen molar-refractivity contribution in [3.63, 3.8) is 0 Å². The van der Waals surface area contributed by atoms with Crippen LogP contribution >= 0.6 is 0 Å². The monoisotopic (exact) mass is 291 g/mol. The van der Waals surface area contributed by atoms with E-state index in [2.05, 4.69) is 4.90 Å². The van der Waals surface area contributed by atoms with Crippen molar-refractivity contribution < 1.29 is 13.9 Å². The SMILES string of the molecule is CCOC(=O)CC1CC2CCC1CN2c1cccc(F)c1. The Kier molecular flexibility index (Phi) is 4.13. The Morgan fingerprint density at radius 1 is 1.43 bits per heavy atom. The van der Waals surface area contributed by atoms with E-state index in [0.29, 0.717) is 30.9 Å². The Hall–Kier alpha value is -1.58. The molecule has 2 heterocycles. The van der Waals surface area contributed by atoms with Crippen LogP contribution in [0, 0.1) is 17.7 Å². The van der Waals surface area contributed by atoms with Gasteiger partial charge in [-0.05, 0) is 56.2 Å². The van der Waals surface area contributed by atoms with Gasteiger partial charge in [-0.1, -0.05) is 6.07 Å². The average Bonchev–Trinajstić information content (AvgIpc) is 2.48. The molecule has 0 spiro atoms. The summed E-state index contributed by atoms with van der Waals surface area (Å²) in [7, 11) is 0. The lowest BCUT2D eigenvalue weighted by molar-refractivity contribution is -0.145. The summed E-state index contributed by atoms with van der Waals surface area (Å²) < 4.78 is 18.5. The van der Waals surface area contributed by atoms with Gasteiger partial charge >= 0.3 is 5.97 Å². The summed E-state index contributed by atoms with van der Waals surface area (Å²) in [6.07, 6.45) is 3.85. The summed E-state index contributed by atoms with van der Waals surface area (Å²) in [5.41, 5.74) is 0.972. The molecule has 1 saturated carbocycles. The quantitative estimate of drug-likeness (QED) is 0.796. The molecule has 2 bridgehead atoms. The lowest BCUT2D eigenvalue weighted by atomic mass is 9.70. The minimum atomic E-state index is -0.183. The van der Waals surface area contributed by atoms with Gasteiger partial charge in [-0.3, -0.25) is 4.79 Å². The zero-order valence-electron chi connectivity index (χ0n) is 12.4. The van der Waals surface area contributed by atoms with Crippen molar-refractivity contribution in [3.05, 3.63) is 30.1 Å². The van der Waals surface area contributed by atoms with Crippen LogP contribution in [0.15, 0.2) is 24.3 Å². The third-order valence-electron chi connectivity index (χ3n) is 4.86. The van der Waals surface area contributed by atoms with Crippen LogP contribution in [0.25, 0.3) is 0 Å². The van der Waals surface area contributed by atoms with E-state index < -0.39 is 0 Å². The van der Waals surface area contributed by atoms with Crippen LogP contribution in [0.2, 0.25) is 0 Å². The van der Waals surface area contributed by atoms with Crippen LogP contribution in [0.5, 0.6) is 0 Å². The van der Waals surface area contributed by atoms with E-state index in [1.54, 1.807) is 12.1 Å². The van der Waals surface area contributed by atoms with Crippen LogP contribution in [0.1, 0.15) is 32.6 Å². The standard InChI is InChI=1S/C17H22FNO2/c1-2-21-17(20)9-13-8-16-7-6-12(13)11-19(16)15-5-3-4-14(18)10-15/h3-5,10,12-13,16H,2,6-9,11H2,1H3. The number of benzene rings is 1. The normalized spacial score (nSPS) is 27.7. The minimum Gasteiger partial charge on any atom is -0.466 e. The second kappa shape index (κ2) is 6.04. The zero-order valence-corrected chi connectivity index (χ0v) is 12.4. The molecule has 3 fully saturated rings. The predicted octanol–water partition coefficient (Wildman–Crippen LogP) is 3.38. The van der Waals surface area contributed by atoms with Crippen LogP contribution in [-0.4, -0.2) is 25.2 Å². The van der Waals surface area contributed by atoms with Crippen LogP contribution < -0.4 is 4.90 Å². The smallest absolute Gasteiger partial charge is 0.306 e. The molecule has 1 aromatic carbocycles. The highest BCUT2D eigenvalue weighted by Crippen LogP contribution is 2.43. The molecule has 0 aromatic heterocycles. The van der Waals surface area contributed by atoms with Gasteiger partial charge in [0.15, 0.2) is 0 Å². The Balaban J connectivity index is 1.68. The van der Waals surface area contributed by atoms with Crippen molar-refractivity contribution in [2.75, 3.05) is 18.1 Å². The number of rotatable bonds is 4. The summed E-state index contributed by atoms with van der Waals surface area (Å²) in [6.45, 7) is 3.23. The van der Waals surface area contributed by atoms with Crippen molar-refractivity contribution in [3.8, 4) is 0 Å². The number of fused-ring (bicyclic) bond motifs is 3. The molecule has 4 heteroatoms. The lowest BCUT2D eigenvalue weighted by Crippen LogP contribution is -2.52. The topological polar surface area (TPSA) is 29.5 Å². The molecule has 3 unspecified atom stereocenters. The number of hydrogen-bond acceptors (Lipinski definition) is 3. The zero-order chi connectivity index (χ0) is 14.8. The second-order valence-electron chi connectivity index (χ2n) is 6.13. The number of piperidine rings is 2. The number of esters is 1. The van der Waals surface area contributed by atoms with Gasteiger partial charge in [-0.25, -0.2) is 4.39 Å². The van der Waals surface area contributed by atoms with E-state index in [9.17, 15) is 9.18 Å². The lowest BCUT2D eigenvalue weighted by Gasteiger charge is -2.50. The van der Waals surface area contributed by atoms with Crippen molar-refractivity contribution in [1.82, 2.24) is 0 Å². The van der Waals surface area contributed by atoms with E-state index in [1.807, 2.05) is 13.0 Å². The predicted molar refractivity (Wildman–Crippen MR) is 79.6 cm³/mol. The molecule has 4 rings (SSSR count). The highest BCUT2D eigenvalue weighted by atomic mass is 19.1. The van der Waals surface area contributed by atoms with E-state index in [1.165, 1.54) is 12.5 Å². The Bertz CT molecular complexity index is 519. The fourth-order valence-corrected chi connectivity index (χ4v) is 3.88. The molecule has 114 valence electrons. The van der Waals surface area contributed by atoms with Gasteiger partial charge in [0.05, 0.1) is 6.61 Å².